The SMILES string of the molecule is CCn1ncc(Cl)c1C(=O)C(C)Oc1cccc(Cl)c1. The van der Waals surface area contributed by atoms with E-state index in [-0.39, 0.29) is 5.78 Å². The molecular weight excluding hydrogens is 299 g/mol. The lowest BCUT2D eigenvalue weighted by atomic mass is 10.2. The third-order valence-electron chi connectivity index (χ3n) is 2.81. The Kier molecular flexibility index (Phi) is 4.68. The molecule has 0 bridgehead atoms. The third-order valence-corrected chi connectivity index (χ3v) is 3.32. The largest absolute Gasteiger partial charge is 0.482 e. The number of hydrogen-bond acceptors (Lipinski definition) is 3. The van der Waals surface area contributed by atoms with Gasteiger partial charge in [0.2, 0.25) is 5.78 Å². The molecule has 0 N–H and O–H groups in total. The first-order valence-electron chi connectivity index (χ1n) is 6.20. The van der Waals surface area contributed by atoms with Gasteiger partial charge in [-0.3, -0.25) is 9.48 Å². The van der Waals surface area contributed by atoms with Crippen LogP contribution >= 0.6 is 23.2 Å². The quantitative estimate of drug-likeness (QED) is 0.787. The zero-order valence-electron chi connectivity index (χ0n) is 11.1. The summed E-state index contributed by atoms with van der Waals surface area (Å²) < 4.78 is 7.16. The van der Waals surface area contributed by atoms with Gasteiger partial charge in [-0.15, -0.1) is 0 Å². The number of benzene rings is 1. The standard InChI is InChI=1S/C14H14Cl2N2O2/c1-3-18-13(12(16)8-17-18)14(19)9(2)20-11-6-4-5-10(15)7-11/h4-9H,3H2,1-2H3. The van der Waals surface area contributed by atoms with Gasteiger partial charge in [-0.1, -0.05) is 29.3 Å². The number of carbonyl (C=O) groups is 1. The number of nitrogens with zero attached hydrogens (tertiary/aromatic N) is 2. The van der Waals surface area contributed by atoms with Crippen LogP contribution in [0.2, 0.25) is 10.0 Å². The summed E-state index contributed by atoms with van der Waals surface area (Å²) in [4.78, 5) is 12.4. The van der Waals surface area contributed by atoms with E-state index < -0.39 is 6.10 Å². The second kappa shape index (κ2) is 6.29. The average Bonchev–Trinajstić information content (AvgIpc) is 2.79. The van der Waals surface area contributed by atoms with Crippen LogP contribution in [0.25, 0.3) is 0 Å². The summed E-state index contributed by atoms with van der Waals surface area (Å²) in [6, 6.07) is 6.90. The zero-order valence-corrected chi connectivity index (χ0v) is 12.6. The fraction of sp³-hybridized carbons (Fsp3) is 0.286. The summed E-state index contributed by atoms with van der Waals surface area (Å²) in [6.07, 6.45) is 0.790. The highest BCUT2D eigenvalue weighted by Gasteiger charge is 2.24. The molecule has 0 spiro atoms. The molecule has 1 unspecified atom stereocenters. The number of aromatic nitrogens is 2. The van der Waals surface area contributed by atoms with E-state index in [2.05, 4.69) is 5.10 Å². The van der Waals surface area contributed by atoms with Crippen LogP contribution in [0.4, 0.5) is 0 Å². The highest BCUT2D eigenvalue weighted by Crippen LogP contribution is 2.22. The minimum Gasteiger partial charge on any atom is -0.482 e. The molecule has 1 aromatic carbocycles. The molecule has 0 amide bonds. The van der Waals surface area contributed by atoms with Crippen molar-refractivity contribution in [3.8, 4) is 5.75 Å². The molecule has 0 aliphatic heterocycles. The van der Waals surface area contributed by atoms with Gasteiger partial charge in [-0.05, 0) is 32.0 Å². The van der Waals surface area contributed by atoms with E-state index >= 15 is 0 Å². The number of Topliss-reactive ketones (excluding diaryl/α,β-unsaturated/α-hetero) is 1. The summed E-state index contributed by atoms with van der Waals surface area (Å²) in [5.41, 5.74) is 0.365. The summed E-state index contributed by atoms with van der Waals surface area (Å²) in [5.74, 6) is 0.325. The Balaban J connectivity index is 2.18. The van der Waals surface area contributed by atoms with Crippen LogP contribution in [-0.4, -0.2) is 21.7 Å². The molecular formula is C14H14Cl2N2O2. The van der Waals surface area contributed by atoms with Crippen molar-refractivity contribution in [2.24, 2.45) is 0 Å². The molecule has 1 atom stereocenters. The van der Waals surface area contributed by atoms with Crippen molar-refractivity contribution in [1.29, 1.82) is 0 Å². The van der Waals surface area contributed by atoms with Gasteiger partial charge in [-0.25, -0.2) is 0 Å². The monoisotopic (exact) mass is 312 g/mol. The van der Waals surface area contributed by atoms with Crippen LogP contribution < -0.4 is 4.74 Å². The van der Waals surface area contributed by atoms with Gasteiger partial charge < -0.3 is 4.74 Å². The molecule has 1 aromatic heterocycles. The molecule has 0 fully saturated rings. The molecule has 0 saturated heterocycles. The number of halogens is 2. The minimum atomic E-state index is -0.673. The first-order valence-corrected chi connectivity index (χ1v) is 6.96. The van der Waals surface area contributed by atoms with Gasteiger partial charge in [0.1, 0.15) is 11.4 Å². The zero-order chi connectivity index (χ0) is 14.7. The van der Waals surface area contributed by atoms with Crippen molar-refractivity contribution >= 4 is 29.0 Å². The molecule has 0 saturated carbocycles. The first-order chi connectivity index (χ1) is 9.52. The van der Waals surface area contributed by atoms with Gasteiger partial charge in [0.25, 0.3) is 0 Å². The fourth-order valence-corrected chi connectivity index (χ4v) is 2.25. The topological polar surface area (TPSA) is 44.1 Å². The molecule has 1 heterocycles. The van der Waals surface area contributed by atoms with Crippen molar-refractivity contribution in [2.75, 3.05) is 0 Å². The molecule has 6 heteroatoms. The highest BCUT2D eigenvalue weighted by atomic mass is 35.5. The second-order valence-corrected chi connectivity index (χ2v) is 5.08. The van der Waals surface area contributed by atoms with Crippen molar-refractivity contribution < 1.29 is 9.53 Å². The van der Waals surface area contributed by atoms with Gasteiger partial charge in [0.05, 0.1) is 11.2 Å². The van der Waals surface area contributed by atoms with E-state index in [1.54, 1.807) is 35.9 Å². The fourth-order valence-electron chi connectivity index (χ4n) is 1.84. The van der Waals surface area contributed by atoms with Crippen molar-refractivity contribution in [3.63, 3.8) is 0 Å². The molecule has 0 aliphatic rings. The Hall–Kier alpha value is -1.52. The van der Waals surface area contributed by atoms with E-state index in [4.69, 9.17) is 27.9 Å². The van der Waals surface area contributed by atoms with E-state index in [0.29, 0.717) is 28.0 Å². The molecule has 2 aromatic rings. The maximum Gasteiger partial charge on any atom is 0.222 e. The normalized spacial score (nSPS) is 12.2. The third kappa shape index (κ3) is 3.14. The highest BCUT2D eigenvalue weighted by molar-refractivity contribution is 6.33. The van der Waals surface area contributed by atoms with Crippen LogP contribution in [0, 0.1) is 0 Å². The minimum absolute atomic E-state index is 0.214. The van der Waals surface area contributed by atoms with Crippen molar-refractivity contribution in [2.45, 2.75) is 26.5 Å². The summed E-state index contributed by atoms with van der Waals surface area (Å²) >= 11 is 11.9. The van der Waals surface area contributed by atoms with Crippen molar-refractivity contribution in [1.82, 2.24) is 9.78 Å². The van der Waals surface area contributed by atoms with Gasteiger partial charge in [-0.2, -0.15) is 5.10 Å². The second-order valence-electron chi connectivity index (χ2n) is 4.24. The van der Waals surface area contributed by atoms with Crippen molar-refractivity contribution in [3.05, 3.63) is 46.2 Å². The number of ketones is 1. The van der Waals surface area contributed by atoms with Crippen LogP contribution in [0.1, 0.15) is 24.3 Å². The summed E-state index contributed by atoms with van der Waals surface area (Å²) in [6.45, 7) is 4.13. The number of hydrogen-bond donors (Lipinski definition) is 0. The Morgan fingerprint density at radius 2 is 2.20 bits per heavy atom. The predicted molar refractivity (Wildman–Crippen MR) is 78.8 cm³/mol. The molecule has 0 aliphatic carbocycles. The maximum absolute atomic E-state index is 12.4. The van der Waals surface area contributed by atoms with Gasteiger partial charge in [0, 0.05) is 11.6 Å². The summed E-state index contributed by atoms with van der Waals surface area (Å²) in [7, 11) is 0. The number of rotatable bonds is 5. The molecule has 0 radical (unpaired) electrons. The molecule has 20 heavy (non-hydrogen) atoms. The Bertz CT molecular complexity index is 625. The van der Waals surface area contributed by atoms with E-state index in [9.17, 15) is 4.79 Å². The van der Waals surface area contributed by atoms with Crippen LogP contribution in [0.3, 0.4) is 0 Å². The van der Waals surface area contributed by atoms with Crippen LogP contribution in [-0.2, 0) is 6.54 Å². The van der Waals surface area contributed by atoms with Crippen LogP contribution in [0.15, 0.2) is 30.5 Å². The molecule has 2 rings (SSSR count). The first kappa shape index (κ1) is 14.9. The number of ether oxygens (including phenoxy) is 1. The number of aryl methyl sites for hydroxylation is 1. The lowest BCUT2D eigenvalue weighted by Gasteiger charge is -2.14. The number of carbonyl (C=O) groups excluding carboxylic acids is 1. The summed E-state index contributed by atoms with van der Waals surface area (Å²) in [5, 5.41) is 4.93. The van der Waals surface area contributed by atoms with E-state index in [1.165, 1.54) is 6.20 Å². The Morgan fingerprint density at radius 3 is 2.85 bits per heavy atom. The molecule has 106 valence electrons. The Morgan fingerprint density at radius 1 is 1.45 bits per heavy atom. The predicted octanol–water partition coefficient (Wildman–Crippen LogP) is 3.86. The van der Waals surface area contributed by atoms with Gasteiger partial charge >= 0.3 is 0 Å². The Labute approximate surface area is 127 Å². The molecule has 4 nitrogen and oxygen atoms in total. The van der Waals surface area contributed by atoms with E-state index in [1.807, 2.05) is 6.92 Å². The van der Waals surface area contributed by atoms with Crippen LogP contribution in [0.5, 0.6) is 5.75 Å². The average molecular weight is 313 g/mol. The smallest absolute Gasteiger partial charge is 0.222 e. The van der Waals surface area contributed by atoms with E-state index in [0.717, 1.165) is 0 Å². The maximum atomic E-state index is 12.4. The lowest BCUT2D eigenvalue weighted by molar-refractivity contribution is 0.0807. The van der Waals surface area contributed by atoms with Gasteiger partial charge in [0.15, 0.2) is 6.10 Å². The lowest BCUT2D eigenvalue weighted by Crippen LogP contribution is -2.26.